The van der Waals surface area contributed by atoms with Crippen LogP contribution in [0.25, 0.3) is 0 Å². The Bertz CT molecular complexity index is 578. The third-order valence-corrected chi connectivity index (χ3v) is 4.80. The molecule has 7 nitrogen and oxygen atoms in total. The number of likely N-dealkylation sites (tertiary alicyclic amines) is 1. The molecule has 0 bridgehead atoms. The fraction of sp³-hybridized carbons (Fsp3) is 0.562. The molecule has 0 aliphatic carbocycles. The normalized spacial score (nSPS) is 22.1. The second-order valence-corrected chi connectivity index (χ2v) is 6.26. The maximum Gasteiger partial charge on any atom is 0.321 e. The lowest BCUT2D eigenvalue weighted by Gasteiger charge is -2.34. The molecule has 2 saturated heterocycles. The summed E-state index contributed by atoms with van der Waals surface area (Å²) in [6, 6.07) is 6.47. The van der Waals surface area contributed by atoms with Gasteiger partial charge in [-0.1, -0.05) is 6.07 Å². The predicted molar refractivity (Wildman–Crippen MR) is 87.4 cm³/mol. The first-order valence-corrected chi connectivity index (χ1v) is 8.17. The Labute approximate surface area is 135 Å². The second kappa shape index (κ2) is 6.95. The molecule has 1 unspecified atom stereocenters. The van der Waals surface area contributed by atoms with Crippen LogP contribution in [-0.4, -0.2) is 41.5 Å². The van der Waals surface area contributed by atoms with Crippen LogP contribution in [0.15, 0.2) is 24.3 Å². The van der Waals surface area contributed by atoms with Crippen molar-refractivity contribution in [2.45, 2.75) is 31.7 Å². The van der Waals surface area contributed by atoms with Gasteiger partial charge >= 0.3 is 6.03 Å². The molecular weight excluding hydrogens is 296 g/mol. The third kappa shape index (κ3) is 3.79. The number of benzene rings is 1. The first-order valence-electron chi connectivity index (χ1n) is 8.17. The van der Waals surface area contributed by atoms with Gasteiger partial charge in [-0.05, 0) is 44.2 Å². The van der Waals surface area contributed by atoms with E-state index in [1.807, 2.05) is 0 Å². The molecule has 2 amide bonds. The minimum absolute atomic E-state index is 0.0196. The Morgan fingerprint density at radius 3 is 2.74 bits per heavy atom. The van der Waals surface area contributed by atoms with Gasteiger partial charge in [-0.2, -0.15) is 0 Å². The lowest BCUT2D eigenvalue weighted by Crippen LogP contribution is -2.44. The molecule has 7 heteroatoms. The van der Waals surface area contributed by atoms with E-state index in [2.05, 4.69) is 10.6 Å². The van der Waals surface area contributed by atoms with Crippen LogP contribution in [0.4, 0.5) is 16.2 Å². The third-order valence-electron chi connectivity index (χ3n) is 4.80. The fourth-order valence-corrected chi connectivity index (χ4v) is 3.52. The van der Waals surface area contributed by atoms with Crippen molar-refractivity contribution in [1.29, 1.82) is 0 Å². The van der Waals surface area contributed by atoms with Crippen molar-refractivity contribution in [1.82, 2.24) is 10.2 Å². The van der Waals surface area contributed by atoms with Gasteiger partial charge in [-0.3, -0.25) is 10.1 Å². The van der Waals surface area contributed by atoms with Gasteiger partial charge in [0.15, 0.2) is 0 Å². The summed E-state index contributed by atoms with van der Waals surface area (Å²) in [6.45, 7) is 2.59. The minimum atomic E-state index is -0.463. The maximum absolute atomic E-state index is 12.3. The topological polar surface area (TPSA) is 87.5 Å². The summed E-state index contributed by atoms with van der Waals surface area (Å²) < 4.78 is 0. The number of carbonyl (C=O) groups excluding carboxylic acids is 1. The number of carbonyl (C=O) groups is 1. The van der Waals surface area contributed by atoms with Gasteiger partial charge in [-0.25, -0.2) is 4.79 Å². The van der Waals surface area contributed by atoms with Crippen molar-refractivity contribution in [3.05, 3.63) is 34.4 Å². The molecule has 0 saturated carbocycles. The molecule has 0 radical (unpaired) electrons. The van der Waals surface area contributed by atoms with Gasteiger partial charge in [-0.15, -0.1) is 0 Å². The Kier molecular flexibility index (Phi) is 4.76. The zero-order chi connectivity index (χ0) is 16.2. The summed E-state index contributed by atoms with van der Waals surface area (Å²) in [5, 5.41) is 17.1. The largest absolute Gasteiger partial charge is 0.325 e. The Morgan fingerprint density at radius 1 is 1.30 bits per heavy atom. The van der Waals surface area contributed by atoms with Crippen LogP contribution in [-0.2, 0) is 0 Å². The van der Waals surface area contributed by atoms with Crippen molar-refractivity contribution in [2.75, 3.05) is 25.0 Å². The van der Waals surface area contributed by atoms with Crippen molar-refractivity contribution in [3.8, 4) is 0 Å². The maximum atomic E-state index is 12.3. The smallest absolute Gasteiger partial charge is 0.321 e. The van der Waals surface area contributed by atoms with Crippen LogP contribution in [0.2, 0.25) is 0 Å². The second-order valence-electron chi connectivity index (χ2n) is 6.26. The number of hydrogen-bond donors (Lipinski definition) is 2. The average molecular weight is 318 g/mol. The van der Waals surface area contributed by atoms with Crippen molar-refractivity contribution < 1.29 is 9.72 Å². The summed E-state index contributed by atoms with van der Waals surface area (Å²) in [7, 11) is 0. The summed E-state index contributed by atoms with van der Waals surface area (Å²) in [6.07, 6.45) is 4.52. The van der Waals surface area contributed by atoms with Crippen molar-refractivity contribution in [3.63, 3.8) is 0 Å². The van der Waals surface area contributed by atoms with Gasteiger partial charge in [0, 0.05) is 37.0 Å². The number of rotatable bonds is 3. The van der Waals surface area contributed by atoms with E-state index in [9.17, 15) is 14.9 Å². The minimum Gasteiger partial charge on any atom is -0.325 e. The van der Waals surface area contributed by atoms with Crippen molar-refractivity contribution in [2.24, 2.45) is 5.92 Å². The van der Waals surface area contributed by atoms with Gasteiger partial charge in [0.05, 0.1) is 4.92 Å². The Balaban J connectivity index is 1.53. The number of anilines is 1. The first kappa shape index (κ1) is 15.7. The molecule has 1 atom stereocenters. The van der Waals surface area contributed by atoms with E-state index in [1.165, 1.54) is 25.0 Å². The molecule has 2 heterocycles. The number of nitro groups is 1. The summed E-state index contributed by atoms with van der Waals surface area (Å²) in [4.78, 5) is 24.4. The SMILES string of the molecule is O=C(Nc1cccc([N+](=O)[O-])c1)N1CCC(C2CCCN2)CC1. The monoisotopic (exact) mass is 318 g/mol. The number of nitro benzene ring substituents is 1. The van der Waals surface area contributed by atoms with Crippen LogP contribution < -0.4 is 10.6 Å². The molecule has 2 N–H and O–H groups in total. The Hall–Kier alpha value is -2.15. The van der Waals surface area contributed by atoms with Crippen LogP contribution in [0.3, 0.4) is 0 Å². The van der Waals surface area contributed by atoms with Crippen LogP contribution in [0, 0.1) is 16.0 Å². The van der Waals surface area contributed by atoms with Gasteiger partial charge < -0.3 is 15.5 Å². The van der Waals surface area contributed by atoms with Gasteiger partial charge in [0.25, 0.3) is 5.69 Å². The van der Waals surface area contributed by atoms with E-state index >= 15 is 0 Å². The number of urea groups is 1. The van der Waals surface area contributed by atoms with E-state index in [4.69, 9.17) is 0 Å². The molecule has 124 valence electrons. The first-order chi connectivity index (χ1) is 11.1. The summed E-state index contributed by atoms with van der Waals surface area (Å²) >= 11 is 0. The molecule has 2 fully saturated rings. The molecule has 2 aliphatic heterocycles. The van der Waals surface area contributed by atoms with E-state index in [0.29, 0.717) is 17.6 Å². The van der Waals surface area contributed by atoms with Crippen molar-refractivity contribution >= 4 is 17.4 Å². The van der Waals surface area contributed by atoms with Crippen LogP contribution >= 0.6 is 0 Å². The zero-order valence-electron chi connectivity index (χ0n) is 13.0. The molecule has 23 heavy (non-hydrogen) atoms. The van der Waals surface area contributed by atoms with Crippen LogP contribution in [0.1, 0.15) is 25.7 Å². The van der Waals surface area contributed by atoms with E-state index in [-0.39, 0.29) is 11.7 Å². The number of non-ortho nitro benzene ring substituents is 1. The molecule has 0 spiro atoms. The van der Waals surface area contributed by atoms with Gasteiger partial charge in [0.2, 0.25) is 0 Å². The predicted octanol–water partition coefficient (Wildman–Crippen LogP) is 2.59. The number of nitrogens with one attached hydrogen (secondary N) is 2. The standard InChI is InChI=1S/C16H22N4O3/c21-16(18-13-3-1-4-14(11-13)20(22)23)19-9-6-12(7-10-19)15-5-2-8-17-15/h1,3-4,11-12,15,17H,2,5-10H2,(H,18,21). The molecular formula is C16H22N4O3. The lowest BCUT2D eigenvalue weighted by molar-refractivity contribution is -0.384. The van der Waals surface area contributed by atoms with E-state index in [0.717, 1.165) is 32.5 Å². The molecule has 3 rings (SSSR count). The highest BCUT2D eigenvalue weighted by Crippen LogP contribution is 2.26. The fourth-order valence-electron chi connectivity index (χ4n) is 3.52. The quantitative estimate of drug-likeness (QED) is 0.662. The summed E-state index contributed by atoms with van der Waals surface area (Å²) in [5.74, 6) is 0.652. The van der Waals surface area contributed by atoms with E-state index < -0.39 is 4.92 Å². The number of piperidine rings is 1. The highest BCUT2D eigenvalue weighted by Gasteiger charge is 2.29. The molecule has 2 aliphatic rings. The summed E-state index contributed by atoms with van der Waals surface area (Å²) in [5.41, 5.74) is 0.442. The highest BCUT2D eigenvalue weighted by atomic mass is 16.6. The number of amides is 2. The molecule has 0 aromatic heterocycles. The highest BCUT2D eigenvalue weighted by molar-refractivity contribution is 5.89. The average Bonchev–Trinajstić information content (AvgIpc) is 3.09. The lowest BCUT2D eigenvalue weighted by atomic mass is 9.89. The number of hydrogen-bond acceptors (Lipinski definition) is 4. The van der Waals surface area contributed by atoms with Gasteiger partial charge in [0.1, 0.15) is 0 Å². The Morgan fingerprint density at radius 2 is 2.09 bits per heavy atom. The molecule has 1 aromatic carbocycles. The van der Waals surface area contributed by atoms with E-state index in [1.54, 1.807) is 17.0 Å². The zero-order valence-corrected chi connectivity index (χ0v) is 13.0. The number of nitrogens with zero attached hydrogens (tertiary/aromatic N) is 2. The molecule has 1 aromatic rings. The van der Waals surface area contributed by atoms with Crippen LogP contribution in [0.5, 0.6) is 0 Å².